The fourth-order valence-electron chi connectivity index (χ4n) is 1.39. The minimum Gasteiger partial charge on any atom is -0.484 e. The van der Waals surface area contributed by atoms with Crippen molar-refractivity contribution in [1.29, 1.82) is 0 Å². The van der Waals surface area contributed by atoms with Crippen LogP contribution < -0.4 is 4.74 Å². The Morgan fingerprint density at radius 2 is 2.38 bits per heavy atom. The Kier molecular flexibility index (Phi) is 3.05. The molecule has 1 fully saturated rings. The maximum absolute atomic E-state index is 10.8. The Hall–Kier alpha value is -1.62. The van der Waals surface area contributed by atoms with Crippen LogP contribution in [-0.4, -0.2) is 24.2 Å². The highest BCUT2D eigenvalue weighted by molar-refractivity contribution is 5.48. The summed E-state index contributed by atoms with van der Waals surface area (Å²) in [5, 5.41) is 10.8. The summed E-state index contributed by atoms with van der Waals surface area (Å²) in [5.74, 6) is 0.317. The molecule has 1 atom stereocenters. The lowest BCUT2D eigenvalue weighted by Crippen LogP contribution is -2.06. The Morgan fingerprint density at radius 3 is 2.94 bits per heavy atom. The van der Waals surface area contributed by atoms with Gasteiger partial charge in [0.1, 0.15) is 12.7 Å². The van der Waals surface area contributed by atoms with Crippen molar-refractivity contribution < 1.29 is 14.4 Å². The van der Waals surface area contributed by atoms with Crippen molar-refractivity contribution in [2.75, 3.05) is 13.2 Å². The monoisotopic (exact) mass is 223 g/mol. The molecule has 0 spiro atoms. The first-order chi connectivity index (χ1) is 7.70. The first kappa shape index (κ1) is 10.9. The van der Waals surface area contributed by atoms with E-state index in [1.54, 1.807) is 12.1 Å². The topological polar surface area (TPSA) is 64.9 Å². The molecule has 0 saturated carbocycles. The molecule has 0 N–H and O–H groups in total. The van der Waals surface area contributed by atoms with Crippen molar-refractivity contribution >= 4 is 5.69 Å². The van der Waals surface area contributed by atoms with Gasteiger partial charge < -0.3 is 9.47 Å². The number of epoxide rings is 1. The molecule has 0 amide bonds. The Balaban J connectivity index is 2.16. The van der Waals surface area contributed by atoms with E-state index in [4.69, 9.17) is 9.47 Å². The lowest BCUT2D eigenvalue weighted by molar-refractivity contribution is -0.385. The fourth-order valence-corrected chi connectivity index (χ4v) is 1.39. The lowest BCUT2D eigenvalue weighted by atomic mass is 10.1. The van der Waals surface area contributed by atoms with Crippen LogP contribution in [-0.2, 0) is 11.2 Å². The summed E-state index contributed by atoms with van der Waals surface area (Å²) in [4.78, 5) is 10.4. The first-order valence-corrected chi connectivity index (χ1v) is 5.22. The van der Waals surface area contributed by atoms with E-state index in [-0.39, 0.29) is 11.8 Å². The fraction of sp³-hybridized carbons (Fsp3) is 0.455. The van der Waals surface area contributed by atoms with Crippen molar-refractivity contribution in [3.63, 3.8) is 0 Å². The minimum atomic E-state index is -0.414. The largest absolute Gasteiger partial charge is 0.484 e. The highest BCUT2D eigenvalue weighted by Gasteiger charge is 2.25. The maximum Gasteiger partial charge on any atom is 0.311 e. The molecule has 1 aromatic carbocycles. The summed E-state index contributed by atoms with van der Waals surface area (Å²) in [7, 11) is 0. The zero-order valence-corrected chi connectivity index (χ0v) is 9.01. The molecule has 5 heteroatoms. The number of benzene rings is 1. The number of hydrogen-bond acceptors (Lipinski definition) is 4. The van der Waals surface area contributed by atoms with Crippen molar-refractivity contribution in [2.45, 2.75) is 19.4 Å². The predicted octanol–water partition coefficient (Wildman–Crippen LogP) is 1.93. The first-order valence-electron chi connectivity index (χ1n) is 5.22. The molecule has 2 rings (SSSR count). The van der Waals surface area contributed by atoms with Gasteiger partial charge in [0.15, 0.2) is 5.75 Å². The smallest absolute Gasteiger partial charge is 0.311 e. The highest BCUT2D eigenvalue weighted by atomic mass is 16.6. The molecule has 86 valence electrons. The summed E-state index contributed by atoms with van der Waals surface area (Å²) < 4.78 is 10.3. The highest BCUT2D eigenvalue weighted by Crippen LogP contribution is 2.28. The van der Waals surface area contributed by atoms with Crippen molar-refractivity contribution in [2.24, 2.45) is 0 Å². The summed E-state index contributed by atoms with van der Waals surface area (Å²) in [6.07, 6.45) is 0.873. The second-order valence-corrected chi connectivity index (χ2v) is 3.68. The van der Waals surface area contributed by atoms with Gasteiger partial charge in [-0.25, -0.2) is 0 Å². The molecule has 1 saturated heterocycles. The molecule has 0 bridgehead atoms. The second kappa shape index (κ2) is 4.49. The van der Waals surface area contributed by atoms with E-state index < -0.39 is 4.92 Å². The van der Waals surface area contributed by atoms with E-state index in [1.807, 2.05) is 13.0 Å². The van der Waals surface area contributed by atoms with Gasteiger partial charge in [-0.3, -0.25) is 10.1 Å². The van der Waals surface area contributed by atoms with Crippen LogP contribution in [0.2, 0.25) is 0 Å². The van der Waals surface area contributed by atoms with Crippen LogP contribution in [0.15, 0.2) is 18.2 Å². The molecule has 1 unspecified atom stereocenters. The third kappa shape index (κ3) is 2.49. The normalized spacial score (nSPS) is 18.2. The van der Waals surface area contributed by atoms with Crippen molar-refractivity contribution in [3.8, 4) is 5.75 Å². The molecule has 1 aliphatic heterocycles. The number of nitro benzene ring substituents is 1. The summed E-state index contributed by atoms with van der Waals surface area (Å²) in [6.45, 7) is 3.02. The van der Waals surface area contributed by atoms with Gasteiger partial charge in [0.25, 0.3) is 0 Å². The van der Waals surface area contributed by atoms with Crippen LogP contribution in [0.5, 0.6) is 5.75 Å². The van der Waals surface area contributed by atoms with Crippen LogP contribution in [0.4, 0.5) is 5.69 Å². The molecule has 0 aliphatic carbocycles. The number of rotatable bonds is 5. The summed E-state index contributed by atoms with van der Waals surface area (Å²) >= 11 is 0. The molecule has 1 aromatic rings. The molecular formula is C11H13NO4. The number of nitro groups is 1. The van der Waals surface area contributed by atoms with E-state index in [0.717, 1.165) is 12.0 Å². The van der Waals surface area contributed by atoms with Gasteiger partial charge >= 0.3 is 5.69 Å². The standard InChI is InChI=1S/C11H13NO4/c1-2-8-3-4-11(10(5-8)12(13)14)16-7-9-6-15-9/h3-5,9H,2,6-7H2,1H3. The Labute approximate surface area is 93.1 Å². The number of aryl methyl sites for hydroxylation is 1. The number of hydrogen-bond donors (Lipinski definition) is 0. The van der Waals surface area contributed by atoms with Crippen LogP contribution in [0.1, 0.15) is 12.5 Å². The van der Waals surface area contributed by atoms with Gasteiger partial charge in [-0.1, -0.05) is 13.0 Å². The van der Waals surface area contributed by atoms with Gasteiger partial charge in [-0.05, 0) is 18.1 Å². The van der Waals surface area contributed by atoms with Crippen molar-refractivity contribution in [1.82, 2.24) is 0 Å². The average molecular weight is 223 g/mol. The van der Waals surface area contributed by atoms with Crippen molar-refractivity contribution in [3.05, 3.63) is 33.9 Å². The minimum absolute atomic E-state index is 0.0278. The third-order valence-electron chi connectivity index (χ3n) is 2.46. The molecule has 0 aromatic heterocycles. The summed E-state index contributed by atoms with van der Waals surface area (Å²) in [6, 6.07) is 5.05. The van der Waals surface area contributed by atoms with Gasteiger partial charge in [0, 0.05) is 6.07 Å². The van der Waals surface area contributed by atoms with Crippen LogP contribution in [0, 0.1) is 10.1 Å². The van der Waals surface area contributed by atoms with Crippen LogP contribution >= 0.6 is 0 Å². The van der Waals surface area contributed by atoms with E-state index in [9.17, 15) is 10.1 Å². The maximum atomic E-state index is 10.8. The quantitative estimate of drug-likeness (QED) is 0.434. The zero-order valence-electron chi connectivity index (χ0n) is 9.01. The number of ether oxygens (including phenoxy) is 2. The van der Waals surface area contributed by atoms with Gasteiger partial charge in [0.2, 0.25) is 0 Å². The SMILES string of the molecule is CCc1ccc(OCC2CO2)c([N+](=O)[O-])c1. The molecule has 16 heavy (non-hydrogen) atoms. The van der Waals surface area contributed by atoms with Gasteiger partial charge in [-0.15, -0.1) is 0 Å². The van der Waals surface area contributed by atoms with Crippen LogP contribution in [0.25, 0.3) is 0 Å². The molecular weight excluding hydrogens is 210 g/mol. The molecule has 1 aliphatic rings. The number of nitrogens with zero attached hydrogens (tertiary/aromatic N) is 1. The van der Waals surface area contributed by atoms with E-state index in [2.05, 4.69) is 0 Å². The predicted molar refractivity (Wildman–Crippen MR) is 57.7 cm³/mol. The molecule has 5 nitrogen and oxygen atoms in total. The van der Waals surface area contributed by atoms with E-state index >= 15 is 0 Å². The van der Waals surface area contributed by atoms with E-state index in [1.165, 1.54) is 0 Å². The Bertz CT molecular complexity index is 401. The second-order valence-electron chi connectivity index (χ2n) is 3.68. The average Bonchev–Trinajstić information content (AvgIpc) is 3.09. The molecule has 1 heterocycles. The molecule has 0 radical (unpaired) electrons. The van der Waals surface area contributed by atoms with Crippen LogP contribution in [0.3, 0.4) is 0 Å². The van der Waals surface area contributed by atoms with E-state index in [0.29, 0.717) is 19.0 Å². The Morgan fingerprint density at radius 1 is 1.62 bits per heavy atom. The zero-order chi connectivity index (χ0) is 11.5. The third-order valence-corrected chi connectivity index (χ3v) is 2.46. The van der Waals surface area contributed by atoms with Gasteiger partial charge in [-0.2, -0.15) is 0 Å². The lowest BCUT2D eigenvalue weighted by Gasteiger charge is -2.06. The van der Waals surface area contributed by atoms with Gasteiger partial charge in [0.05, 0.1) is 11.5 Å². The summed E-state index contributed by atoms with van der Waals surface area (Å²) in [5.41, 5.74) is 0.960.